The number of rotatable bonds is 6. The quantitative estimate of drug-likeness (QED) is 0.529. The Morgan fingerprint density at radius 1 is 1.12 bits per heavy atom. The second-order valence-electron chi connectivity index (χ2n) is 5.00. The zero-order chi connectivity index (χ0) is 13.6. The highest BCUT2D eigenvalue weighted by Gasteiger charge is 2.33. The highest BCUT2D eigenvalue weighted by molar-refractivity contribution is 6.03. The Hall–Kier alpha value is -1.19. The van der Waals surface area contributed by atoms with Gasteiger partial charge in [-0.05, 0) is 6.92 Å². The average molecular weight is 242 g/mol. The van der Waals surface area contributed by atoms with E-state index in [0.717, 1.165) is 0 Å². The molecule has 0 bridgehead atoms. The van der Waals surface area contributed by atoms with Gasteiger partial charge in [-0.25, -0.2) is 0 Å². The number of ether oxygens (including phenoxy) is 1. The molecule has 98 valence electrons. The fourth-order valence-electron chi connectivity index (χ4n) is 1.31. The molecule has 0 spiro atoms. The lowest BCUT2D eigenvalue weighted by atomic mass is 9.83. The standard InChI is InChI=1S/C13H22O4/c1-6-10(14)9(12(16)17-7-2)8-11(15)13(3,4)5/h9H,6-8H2,1-5H3. The van der Waals surface area contributed by atoms with Gasteiger partial charge in [0.2, 0.25) is 0 Å². The predicted octanol–water partition coefficient (Wildman–Crippen LogP) is 2.15. The molecule has 0 N–H and O–H groups in total. The van der Waals surface area contributed by atoms with Crippen LogP contribution in [0.15, 0.2) is 0 Å². The van der Waals surface area contributed by atoms with Crippen molar-refractivity contribution in [3.63, 3.8) is 0 Å². The number of esters is 1. The Bertz CT molecular complexity index is 299. The van der Waals surface area contributed by atoms with E-state index in [1.54, 1.807) is 34.6 Å². The maximum atomic E-state index is 11.8. The van der Waals surface area contributed by atoms with E-state index in [-0.39, 0.29) is 31.0 Å². The van der Waals surface area contributed by atoms with Crippen LogP contribution in [0, 0.1) is 11.3 Å². The van der Waals surface area contributed by atoms with Crippen LogP contribution in [0.25, 0.3) is 0 Å². The van der Waals surface area contributed by atoms with Crippen molar-refractivity contribution in [2.45, 2.75) is 47.5 Å². The van der Waals surface area contributed by atoms with Crippen molar-refractivity contribution >= 4 is 17.5 Å². The summed E-state index contributed by atoms with van der Waals surface area (Å²) < 4.78 is 4.83. The largest absolute Gasteiger partial charge is 0.465 e. The molecule has 0 saturated carbocycles. The molecule has 0 aromatic carbocycles. The minimum absolute atomic E-state index is 0.0605. The zero-order valence-corrected chi connectivity index (χ0v) is 11.3. The molecule has 0 saturated heterocycles. The molecule has 0 amide bonds. The molecule has 0 aliphatic carbocycles. The Morgan fingerprint density at radius 2 is 1.65 bits per heavy atom. The summed E-state index contributed by atoms with van der Waals surface area (Å²) in [6.07, 6.45) is 0.176. The number of hydrogen-bond donors (Lipinski definition) is 0. The molecule has 0 aromatic rings. The lowest BCUT2D eigenvalue weighted by molar-refractivity contribution is -0.154. The van der Waals surface area contributed by atoms with Crippen LogP contribution in [-0.2, 0) is 19.1 Å². The molecule has 4 heteroatoms. The van der Waals surface area contributed by atoms with Gasteiger partial charge in [0.05, 0.1) is 6.61 Å². The van der Waals surface area contributed by atoms with E-state index in [2.05, 4.69) is 0 Å². The second kappa shape index (κ2) is 6.52. The maximum Gasteiger partial charge on any atom is 0.316 e. The van der Waals surface area contributed by atoms with Gasteiger partial charge >= 0.3 is 5.97 Å². The topological polar surface area (TPSA) is 60.4 Å². The Balaban J connectivity index is 4.78. The van der Waals surface area contributed by atoms with Gasteiger partial charge in [-0.15, -0.1) is 0 Å². The maximum absolute atomic E-state index is 11.8. The van der Waals surface area contributed by atoms with Gasteiger partial charge in [-0.3, -0.25) is 14.4 Å². The molecule has 17 heavy (non-hydrogen) atoms. The molecule has 1 atom stereocenters. The Morgan fingerprint density at radius 3 is 2.00 bits per heavy atom. The molecule has 0 aromatic heterocycles. The van der Waals surface area contributed by atoms with Crippen molar-refractivity contribution in [2.75, 3.05) is 6.61 Å². The average Bonchev–Trinajstić information content (AvgIpc) is 2.23. The van der Waals surface area contributed by atoms with E-state index >= 15 is 0 Å². The number of hydrogen-bond acceptors (Lipinski definition) is 4. The van der Waals surface area contributed by atoms with E-state index < -0.39 is 17.3 Å². The molecule has 0 fully saturated rings. The first kappa shape index (κ1) is 15.8. The molecule has 0 rings (SSSR count). The van der Waals surface area contributed by atoms with Crippen LogP contribution in [0.4, 0.5) is 0 Å². The normalized spacial score (nSPS) is 13.0. The van der Waals surface area contributed by atoms with Crippen molar-refractivity contribution < 1.29 is 19.1 Å². The third kappa shape index (κ3) is 5.11. The lowest BCUT2D eigenvalue weighted by Crippen LogP contribution is -2.32. The number of ketones is 2. The van der Waals surface area contributed by atoms with E-state index in [1.807, 2.05) is 0 Å². The third-order valence-electron chi connectivity index (χ3n) is 2.53. The van der Waals surface area contributed by atoms with E-state index in [0.29, 0.717) is 0 Å². The highest BCUT2D eigenvalue weighted by atomic mass is 16.5. The first-order chi connectivity index (χ1) is 7.73. The minimum Gasteiger partial charge on any atom is -0.465 e. The fourth-order valence-corrected chi connectivity index (χ4v) is 1.31. The van der Waals surface area contributed by atoms with Crippen LogP contribution in [0.1, 0.15) is 47.5 Å². The predicted molar refractivity (Wildman–Crippen MR) is 64.5 cm³/mol. The Labute approximate surface area is 103 Å². The highest BCUT2D eigenvalue weighted by Crippen LogP contribution is 2.21. The molecule has 1 unspecified atom stereocenters. The van der Waals surface area contributed by atoms with Gasteiger partial charge in [0.25, 0.3) is 0 Å². The first-order valence-corrected chi connectivity index (χ1v) is 5.96. The summed E-state index contributed by atoms with van der Waals surface area (Å²) in [7, 11) is 0. The van der Waals surface area contributed by atoms with Gasteiger partial charge < -0.3 is 4.74 Å². The number of carbonyl (C=O) groups excluding carboxylic acids is 3. The second-order valence-corrected chi connectivity index (χ2v) is 5.00. The summed E-state index contributed by atoms with van der Waals surface area (Å²) in [6, 6.07) is 0. The molecule has 0 radical (unpaired) electrons. The summed E-state index contributed by atoms with van der Waals surface area (Å²) in [5, 5.41) is 0. The monoisotopic (exact) mass is 242 g/mol. The van der Waals surface area contributed by atoms with Crippen LogP contribution in [0.5, 0.6) is 0 Å². The van der Waals surface area contributed by atoms with Gasteiger partial charge in [-0.1, -0.05) is 27.7 Å². The van der Waals surface area contributed by atoms with E-state index in [4.69, 9.17) is 4.74 Å². The van der Waals surface area contributed by atoms with Crippen molar-refractivity contribution in [3.05, 3.63) is 0 Å². The summed E-state index contributed by atoms with van der Waals surface area (Å²) in [6.45, 7) is 8.89. The first-order valence-electron chi connectivity index (χ1n) is 5.96. The SMILES string of the molecule is CCOC(=O)C(CC(=O)C(C)(C)C)C(=O)CC. The van der Waals surface area contributed by atoms with Gasteiger partial charge in [0, 0.05) is 18.3 Å². The van der Waals surface area contributed by atoms with E-state index in [9.17, 15) is 14.4 Å². The smallest absolute Gasteiger partial charge is 0.316 e. The molecule has 0 aliphatic heterocycles. The molecule has 0 aliphatic rings. The van der Waals surface area contributed by atoms with Gasteiger partial charge in [0.1, 0.15) is 17.5 Å². The number of carbonyl (C=O) groups is 3. The van der Waals surface area contributed by atoms with E-state index in [1.165, 1.54) is 0 Å². The fraction of sp³-hybridized carbons (Fsp3) is 0.769. The molecular weight excluding hydrogens is 220 g/mol. The molecule has 4 nitrogen and oxygen atoms in total. The number of Topliss-reactive ketones (excluding diaryl/α,β-unsaturated/α-hetero) is 2. The van der Waals surface area contributed by atoms with Crippen LogP contribution < -0.4 is 0 Å². The van der Waals surface area contributed by atoms with Crippen molar-refractivity contribution in [3.8, 4) is 0 Å². The lowest BCUT2D eigenvalue weighted by Gasteiger charge is -2.20. The minimum atomic E-state index is -0.938. The molecule has 0 heterocycles. The Kier molecular flexibility index (Phi) is 6.07. The summed E-state index contributed by atoms with van der Waals surface area (Å²) >= 11 is 0. The molecular formula is C13H22O4. The van der Waals surface area contributed by atoms with Crippen LogP contribution >= 0.6 is 0 Å². The zero-order valence-electron chi connectivity index (χ0n) is 11.3. The third-order valence-corrected chi connectivity index (χ3v) is 2.53. The van der Waals surface area contributed by atoms with Crippen LogP contribution in [-0.4, -0.2) is 24.1 Å². The summed E-state index contributed by atoms with van der Waals surface area (Å²) in [4.78, 5) is 35.1. The summed E-state index contributed by atoms with van der Waals surface area (Å²) in [5.74, 6) is -1.86. The van der Waals surface area contributed by atoms with Crippen molar-refractivity contribution in [1.29, 1.82) is 0 Å². The van der Waals surface area contributed by atoms with Crippen LogP contribution in [0.3, 0.4) is 0 Å². The van der Waals surface area contributed by atoms with Crippen molar-refractivity contribution in [2.24, 2.45) is 11.3 Å². The van der Waals surface area contributed by atoms with Gasteiger partial charge in [0.15, 0.2) is 0 Å². The van der Waals surface area contributed by atoms with Crippen molar-refractivity contribution in [1.82, 2.24) is 0 Å². The van der Waals surface area contributed by atoms with Gasteiger partial charge in [-0.2, -0.15) is 0 Å². The summed E-state index contributed by atoms with van der Waals surface area (Å²) in [5.41, 5.74) is -0.543. The van der Waals surface area contributed by atoms with Crippen LogP contribution in [0.2, 0.25) is 0 Å².